The number of H-pyrrole nitrogens is 1. The summed E-state index contributed by atoms with van der Waals surface area (Å²) in [6.45, 7) is 0.162. The Labute approximate surface area is 150 Å². The van der Waals surface area contributed by atoms with Gasteiger partial charge in [0.15, 0.2) is 0 Å². The summed E-state index contributed by atoms with van der Waals surface area (Å²) < 4.78 is 0. The SMILES string of the molecule is O=C1CN(OCc2ccccc2)C(=O)[C@H](Cc2c[nH]c3ccccc23)N1. The van der Waals surface area contributed by atoms with Crippen LogP contribution < -0.4 is 5.32 Å². The second kappa shape index (κ2) is 7.01. The fourth-order valence-electron chi connectivity index (χ4n) is 3.18. The van der Waals surface area contributed by atoms with Crippen molar-refractivity contribution in [2.24, 2.45) is 0 Å². The predicted molar refractivity (Wildman–Crippen MR) is 96.9 cm³/mol. The minimum absolute atomic E-state index is 0.0873. The smallest absolute Gasteiger partial charge is 0.269 e. The first-order valence-electron chi connectivity index (χ1n) is 8.53. The van der Waals surface area contributed by atoms with Crippen LogP contribution >= 0.6 is 0 Å². The number of carbonyl (C=O) groups excluding carboxylic acids is 2. The van der Waals surface area contributed by atoms with Crippen LogP contribution in [0.15, 0.2) is 60.8 Å². The molecule has 1 aliphatic heterocycles. The molecule has 2 heterocycles. The van der Waals surface area contributed by atoms with E-state index in [9.17, 15) is 9.59 Å². The summed E-state index contributed by atoms with van der Waals surface area (Å²) >= 11 is 0. The van der Waals surface area contributed by atoms with Crippen LogP contribution in [0.25, 0.3) is 10.9 Å². The van der Waals surface area contributed by atoms with Crippen molar-refractivity contribution in [2.75, 3.05) is 6.54 Å². The number of para-hydroxylation sites is 1. The van der Waals surface area contributed by atoms with E-state index in [1.54, 1.807) is 0 Å². The monoisotopic (exact) mass is 349 g/mol. The molecule has 0 saturated carbocycles. The summed E-state index contributed by atoms with van der Waals surface area (Å²) in [5.74, 6) is -0.451. The number of benzene rings is 2. The Morgan fingerprint density at radius 2 is 1.81 bits per heavy atom. The van der Waals surface area contributed by atoms with Crippen LogP contribution in [0.5, 0.6) is 0 Å². The molecule has 1 atom stereocenters. The van der Waals surface area contributed by atoms with Crippen LogP contribution in [0.3, 0.4) is 0 Å². The van der Waals surface area contributed by atoms with Gasteiger partial charge in [0, 0.05) is 23.5 Å². The van der Waals surface area contributed by atoms with Crippen molar-refractivity contribution >= 4 is 22.7 Å². The zero-order valence-electron chi connectivity index (χ0n) is 14.1. The molecular weight excluding hydrogens is 330 g/mol. The zero-order chi connectivity index (χ0) is 17.9. The third-order valence-electron chi connectivity index (χ3n) is 4.50. The number of aromatic nitrogens is 1. The Kier molecular flexibility index (Phi) is 4.41. The first kappa shape index (κ1) is 16.4. The van der Waals surface area contributed by atoms with Gasteiger partial charge in [-0.15, -0.1) is 0 Å². The number of hydrogen-bond acceptors (Lipinski definition) is 3. The molecule has 1 aliphatic rings. The van der Waals surface area contributed by atoms with Crippen molar-refractivity contribution in [3.63, 3.8) is 0 Å². The average Bonchev–Trinajstić information content (AvgIpc) is 3.07. The van der Waals surface area contributed by atoms with Crippen molar-refractivity contribution < 1.29 is 14.4 Å². The van der Waals surface area contributed by atoms with Crippen molar-refractivity contribution in [3.8, 4) is 0 Å². The number of piperazine rings is 1. The number of aromatic amines is 1. The van der Waals surface area contributed by atoms with Gasteiger partial charge in [0.2, 0.25) is 5.91 Å². The molecule has 3 aromatic rings. The maximum absolute atomic E-state index is 12.7. The van der Waals surface area contributed by atoms with Gasteiger partial charge < -0.3 is 10.3 Å². The van der Waals surface area contributed by atoms with Crippen molar-refractivity contribution in [2.45, 2.75) is 19.1 Å². The fourth-order valence-corrected chi connectivity index (χ4v) is 3.18. The van der Waals surface area contributed by atoms with Crippen LogP contribution in [0.2, 0.25) is 0 Å². The topological polar surface area (TPSA) is 74.4 Å². The van der Waals surface area contributed by atoms with Gasteiger partial charge in [-0.1, -0.05) is 48.5 Å². The Morgan fingerprint density at radius 1 is 1.04 bits per heavy atom. The molecule has 26 heavy (non-hydrogen) atoms. The molecule has 0 bridgehead atoms. The standard InChI is InChI=1S/C20H19N3O3/c24-19-12-23(26-13-14-6-2-1-3-7-14)20(25)18(22-19)10-15-11-21-17-9-5-4-8-16(15)17/h1-9,11,18,21H,10,12-13H2,(H,22,24)/t18-/m0/s1. The summed E-state index contributed by atoms with van der Waals surface area (Å²) in [4.78, 5) is 33.6. The molecule has 6 heteroatoms. The number of hydrogen-bond donors (Lipinski definition) is 2. The minimum Gasteiger partial charge on any atom is -0.361 e. The van der Waals surface area contributed by atoms with E-state index >= 15 is 0 Å². The Hall–Kier alpha value is -3.12. The van der Waals surface area contributed by atoms with E-state index in [0.717, 1.165) is 22.0 Å². The molecule has 1 fully saturated rings. The lowest BCUT2D eigenvalue weighted by molar-refractivity contribution is -0.200. The number of fused-ring (bicyclic) bond motifs is 1. The number of nitrogens with zero attached hydrogens (tertiary/aromatic N) is 1. The lowest BCUT2D eigenvalue weighted by atomic mass is 10.0. The van der Waals surface area contributed by atoms with E-state index < -0.39 is 6.04 Å². The molecule has 0 radical (unpaired) electrons. The summed E-state index contributed by atoms with van der Waals surface area (Å²) in [7, 11) is 0. The van der Waals surface area contributed by atoms with Crippen molar-refractivity contribution in [3.05, 3.63) is 71.9 Å². The normalized spacial score (nSPS) is 17.5. The number of carbonyl (C=O) groups is 2. The molecule has 2 N–H and O–H groups in total. The van der Waals surface area contributed by atoms with E-state index in [1.165, 1.54) is 5.06 Å². The lowest BCUT2D eigenvalue weighted by Gasteiger charge is -2.31. The number of hydroxylamine groups is 2. The fraction of sp³-hybridized carbons (Fsp3) is 0.200. The average molecular weight is 349 g/mol. The molecule has 0 spiro atoms. The predicted octanol–water partition coefficient (Wildman–Crippen LogP) is 2.17. The summed E-state index contributed by atoms with van der Waals surface area (Å²) in [5.41, 5.74) is 2.94. The Balaban J connectivity index is 1.47. The number of rotatable bonds is 5. The van der Waals surface area contributed by atoms with Crippen LogP contribution in [-0.2, 0) is 27.5 Å². The van der Waals surface area contributed by atoms with Gasteiger partial charge in [0.25, 0.3) is 5.91 Å². The summed E-state index contributed by atoms with van der Waals surface area (Å²) in [6, 6.07) is 16.8. The van der Waals surface area contributed by atoms with Gasteiger partial charge in [-0.05, 0) is 17.2 Å². The largest absolute Gasteiger partial charge is 0.361 e. The lowest BCUT2D eigenvalue weighted by Crippen LogP contribution is -2.58. The summed E-state index contributed by atoms with van der Waals surface area (Å²) in [5, 5.41) is 5.00. The third kappa shape index (κ3) is 3.32. The quantitative estimate of drug-likeness (QED) is 0.741. The van der Waals surface area contributed by atoms with Gasteiger partial charge in [-0.3, -0.25) is 14.4 Å². The summed E-state index contributed by atoms with van der Waals surface area (Å²) in [6.07, 6.45) is 2.30. The van der Waals surface area contributed by atoms with Crippen LogP contribution in [0.1, 0.15) is 11.1 Å². The molecule has 2 aromatic carbocycles. The highest BCUT2D eigenvalue weighted by atomic mass is 16.7. The maximum Gasteiger partial charge on any atom is 0.269 e. The molecule has 1 saturated heterocycles. The van der Waals surface area contributed by atoms with E-state index in [0.29, 0.717) is 6.42 Å². The van der Waals surface area contributed by atoms with Crippen LogP contribution in [0, 0.1) is 0 Å². The Morgan fingerprint density at radius 3 is 2.65 bits per heavy atom. The molecule has 6 nitrogen and oxygen atoms in total. The highest BCUT2D eigenvalue weighted by molar-refractivity contribution is 5.95. The van der Waals surface area contributed by atoms with Crippen molar-refractivity contribution in [1.82, 2.24) is 15.4 Å². The molecule has 1 aromatic heterocycles. The van der Waals surface area contributed by atoms with E-state index in [2.05, 4.69) is 10.3 Å². The second-order valence-electron chi connectivity index (χ2n) is 6.32. The molecule has 0 unspecified atom stereocenters. The first-order valence-corrected chi connectivity index (χ1v) is 8.53. The van der Waals surface area contributed by atoms with Crippen LogP contribution in [0.4, 0.5) is 0 Å². The van der Waals surface area contributed by atoms with E-state index in [1.807, 2.05) is 60.8 Å². The van der Waals surface area contributed by atoms with Crippen LogP contribution in [-0.4, -0.2) is 34.4 Å². The molecule has 4 rings (SSSR count). The number of nitrogens with one attached hydrogen (secondary N) is 2. The van der Waals surface area contributed by atoms with Gasteiger partial charge in [0.1, 0.15) is 19.2 Å². The van der Waals surface area contributed by atoms with Gasteiger partial charge in [-0.2, -0.15) is 0 Å². The van der Waals surface area contributed by atoms with Crippen molar-refractivity contribution in [1.29, 1.82) is 0 Å². The molecule has 0 aliphatic carbocycles. The Bertz CT molecular complexity index is 936. The third-order valence-corrected chi connectivity index (χ3v) is 4.50. The second-order valence-corrected chi connectivity index (χ2v) is 6.32. The van der Waals surface area contributed by atoms with Gasteiger partial charge in [-0.25, -0.2) is 5.06 Å². The van der Waals surface area contributed by atoms with E-state index in [4.69, 9.17) is 4.84 Å². The highest BCUT2D eigenvalue weighted by Gasteiger charge is 2.34. The molecule has 2 amide bonds. The zero-order valence-corrected chi connectivity index (χ0v) is 14.1. The maximum atomic E-state index is 12.7. The number of amides is 2. The minimum atomic E-state index is -0.633. The van der Waals surface area contributed by atoms with Gasteiger partial charge >= 0.3 is 0 Å². The molecule has 132 valence electrons. The molecular formula is C20H19N3O3. The first-order chi connectivity index (χ1) is 12.7. The van der Waals surface area contributed by atoms with E-state index in [-0.39, 0.29) is 25.0 Å². The highest BCUT2D eigenvalue weighted by Crippen LogP contribution is 2.20. The van der Waals surface area contributed by atoms with Gasteiger partial charge in [0.05, 0.1) is 0 Å².